The Kier molecular flexibility index (Phi) is 3.29. The van der Waals surface area contributed by atoms with Crippen molar-refractivity contribution in [3.63, 3.8) is 0 Å². The van der Waals surface area contributed by atoms with Crippen LogP contribution in [0.4, 0.5) is 0 Å². The van der Waals surface area contributed by atoms with Gasteiger partial charge in [0.15, 0.2) is 0 Å². The predicted octanol–water partition coefficient (Wildman–Crippen LogP) is 3.05. The van der Waals surface area contributed by atoms with Crippen LogP contribution in [0.5, 0.6) is 0 Å². The molecule has 1 N–H and O–H groups in total. The van der Waals surface area contributed by atoms with Crippen LogP contribution < -0.4 is 5.32 Å². The van der Waals surface area contributed by atoms with Crippen LogP contribution in [0, 0.1) is 0 Å². The number of hydrogen-bond acceptors (Lipinski definition) is 3. The lowest BCUT2D eigenvalue weighted by Crippen LogP contribution is -2.26. The highest BCUT2D eigenvalue weighted by Gasteiger charge is 2.22. The van der Waals surface area contributed by atoms with Crippen molar-refractivity contribution in [1.29, 1.82) is 0 Å². The van der Waals surface area contributed by atoms with E-state index in [0.29, 0.717) is 6.04 Å². The monoisotopic (exact) mass is 264 g/mol. The highest BCUT2D eigenvalue weighted by Crippen LogP contribution is 2.33. The first-order valence-electron chi connectivity index (χ1n) is 6.33. The van der Waals surface area contributed by atoms with E-state index in [2.05, 4.69) is 23.3 Å². The van der Waals surface area contributed by atoms with Crippen LogP contribution in [-0.2, 0) is 0 Å². The van der Waals surface area contributed by atoms with Crippen molar-refractivity contribution in [2.45, 2.75) is 12.5 Å². The average Bonchev–Trinajstić information content (AvgIpc) is 2.64. The molecule has 1 unspecified atom stereocenters. The highest BCUT2D eigenvalue weighted by atomic mass is 35.5. The number of nitrogens with zero attached hydrogens (tertiary/aromatic N) is 1. The number of furan rings is 1. The van der Waals surface area contributed by atoms with E-state index in [1.54, 1.807) is 0 Å². The highest BCUT2D eigenvalue weighted by molar-refractivity contribution is 6.31. The minimum absolute atomic E-state index is 0.419. The minimum atomic E-state index is 0.419. The van der Waals surface area contributed by atoms with Gasteiger partial charge in [0.05, 0.1) is 6.26 Å². The SMILES string of the molecule is CN1CCNCCC1c1coc2cc(Cl)ccc12. The maximum absolute atomic E-state index is 5.99. The number of fused-ring (bicyclic) bond motifs is 1. The van der Waals surface area contributed by atoms with Crippen LogP contribution >= 0.6 is 11.6 Å². The Morgan fingerprint density at radius 3 is 3.17 bits per heavy atom. The average molecular weight is 265 g/mol. The number of likely N-dealkylation sites (N-methyl/N-ethyl adjacent to an activating group) is 1. The van der Waals surface area contributed by atoms with Gasteiger partial charge in [-0.3, -0.25) is 4.90 Å². The zero-order chi connectivity index (χ0) is 12.5. The molecule has 0 radical (unpaired) electrons. The molecule has 1 aliphatic heterocycles. The molecule has 2 aromatic rings. The van der Waals surface area contributed by atoms with E-state index >= 15 is 0 Å². The standard InChI is InChI=1S/C14H17ClN2O/c1-17-7-6-16-5-4-13(17)12-9-18-14-8-10(15)2-3-11(12)14/h2-3,8-9,13,16H,4-7H2,1H3. The van der Waals surface area contributed by atoms with Gasteiger partial charge < -0.3 is 9.73 Å². The molecule has 4 heteroatoms. The Balaban J connectivity index is 2.02. The zero-order valence-electron chi connectivity index (χ0n) is 10.4. The van der Waals surface area contributed by atoms with Gasteiger partial charge in [-0.05, 0) is 38.2 Å². The molecule has 0 spiro atoms. The van der Waals surface area contributed by atoms with E-state index < -0.39 is 0 Å². The number of halogens is 1. The Hall–Kier alpha value is -1.03. The fourth-order valence-electron chi connectivity index (χ4n) is 2.67. The van der Waals surface area contributed by atoms with Gasteiger partial charge in [0.25, 0.3) is 0 Å². The molecule has 3 rings (SSSR count). The van der Waals surface area contributed by atoms with Gasteiger partial charge in [-0.2, -0.15) is 0 Å². The summed E-state index contributed by atoms with van der Waals surface area (Å²) in [7, 11) is 2.17. The fraction of sp³-hybridized carbons (Fsp3) is 0.429. The largest absolute Gasteiger partial charge is 0.464 e. The minimum Gasteiger partial charge on any atom is -0.464 e. The van der Waals surface area contributed by atoms with Crippen molar-refractivity contribution in [2.24, 2.45) is 0 Å². The van der Waals surface area contributed by atoms with Crippen LogP contribution in [0.3, 0.4) is 0 Å². The molecular weight excluding hydrogens is 248 g/mol. The Bertz CT molecular complexity index is 552. The van der Waals surface area contributed by atoms with E-state index in [4.69, 9.17) is 16.0 Å². The van der Waals surface area contributed by atoms with Crippen LogP contribution in [0.2, 0.25) is 5.02 Å². The number of hydrogen-bond donors (Lipinski definition) is 1. The molecule has 1 aromatic heterocycles. The van der Waals surface area contributed by atoms with E-state index in [0.717, 1.165) is 36.7 Å². The summed E-state index contributed by atoms with van der Waals surface area (Å²) in [5, 5.41) is 5.33. The molecule has 1 fully saturated rings. The summed E-state index contributed by atoms with van der Waals surface area (Å²) < 4.78 is 5.64. The quantitative estimate of drug-likeness (QED) is 0.858. The fourth-order valence-corrected chi connectivity index (χ4v) is 2.83. The summed E-state index contributed by atoms with van der Waals surface area (Å²) in [5.41, 5.74) is 2.15. The molecular formula is C14H17ClN2O. The van der Waals surface area contributed by atoms with Gasteiger partial charge in [0.2, 0.25) is 0 Å². The van der Waals surface area contributed by atoms with Gasteiger partial charge in [-0.15, -0.1) is 0 Å². The summed E-state index contributed by atoms with van der Waals surface area (Å²) in [5.74, 6) is 0. The second-order valence-electron chi connectivity index (χ2n) is 4.87. The third-order valence-corrected chi connectivity index (χ3v) is 3.93. The van der Waals surface area contributed by atoms with E-state index in [1.807, 2.05) is 18.4 Å². The van der Waals surface area contributed by atoms with Crippen molar-refractivity contribution in [3.05, 3.63) is 35.0 Å². The third kappa shape index (κ3) is 2.14. The molecule has 0 amide bonds. The molecule has 0 saturated carbocycles. The first-order chi connectivity index (χ1) is 8.75. The zero-order valence-corrected chi connectivity index (χ0v) is 11.2. The predicted molar refractivity (Wildman–Crippen MR) is 74.1 cm³/mol. The van der Waals surface area contributed by atoms with Crippen molar-refractivity contribution >= 4 is 22.6 Å². The number of nitrogens with one attached hydrogen (secondary N) is 1. The lowest BCUT2D eigenvalue weighted by atomic mass is 10.0. The number of rotatable bonds is 1. The summed E-state index contributed by atoms with van der Waals surface area (Å²) >= 11 is 5.99. The van der Waals surface area contributed by atoms with Crippen LogP contribution in [-0.4, -0.2) is 31.6 Å². The molecule has 0 aliphatic carbocycles. The first-order valence-corrected chi connectivity index (χ1v) is 6.71. The van der Waals surface area contributed by atoms with E-state index in [-0.39, 0.29) is 0 Å². The molecule has 18 heavy (non-hydrogen) atoms. The van der Waals surface area contributed by atoms with Crippen LogP contribution in [0.15, 0.2) is 28.9 Å². The van der Waals surface area contributed by atoms with Crippen molar-refractivity contribution < 1.29 is 4.42 Å². The normalized spacial score (nSPS) is 22.2. The molecule has 1 aliphatic rings. The summed E-state index contributed by atoms with van der Waals surface area (Å²) in [6.07, 6.45) is 2.99. The van der Waals surface area contributed by atoms with Crippen molar-refractivity contribution in [3.8, 4) is 0 Å². The van der Waals surface area contributed by atoms with E-state index in [1.165, 1.54) is 10.9 Å². The van der Waals surface area contributed by atoms with Gasteiger partial charge in [-0.1, -0.05) is 11.6 Å². The molecule has 0 bridgehead atoms. The second-order valence-corrected chi connectivity index (χ2v) is 5.30. The third-order valence-electron chi connectivity index (χ3n) is 3.69. The van der Waals surface area contributed by atoms with Gasteiger partial charge >= 0.3 is 0 Å². The summed E-state index contributed by atoms with van der Waals surface area (Å²) in [6, 6.07) is 6.29. The Morgan fingerprint density at radius 1 is 1.39 bits per heavy atom. The van der Waals surface area contributed by atoms with E-state index in [9.17, 15) is 0 Å². The number of benzene rings is 1. The molecule has 1 atom stereocenters. The second kappa shape index (κ2) is 4.92. The van der Waals surface area contributed by atoms with Gasteiger partial charge in [0, 0.05) is 35.1 Å². The Morgan fingerprint density at radius 2 is 2.28 bits per heavy atom. The molecule has 96 valence electrons. The van der Waals surface area contributed by atoms with Crippen LogP contribution in [0.25, 0.3) is 11.0 Å². The smallest absolute Gasteiger partial charge is 0.135 e. The lowest BCUT2D eigenvalue weighted by molar-refractivity contribution is 0.258. The van der Waals surface area contributed by atoms with Crippen molar-refractivity contribution in [1.82, 2.24) is 10.2 Å². The maximum Gasteiger partial charge on any atom is 0.135 e. The summed E-state index contributed by atoms with van der Waals surface area (Å²) in [6.45, 7) is 3.16. The lowest BCUT2D eigenvalue weighted by Gasteiger charge is -2.24. The summed E-state index contributed by atoms with van der Waals surface area (Å²) in [4.78, 5) is 2.39. The van der Waals surface area contributed by atoms with Crippen LogP contribution in [0.1, 0.15) is 18.0 Å². The molecule has 1 aromatic carbocycles. The first kappa shape index (κ1) is 12.0. The molecule has 3 nitrogen and oxygen atoms in total. The van der Waals surface area contributed by atoms with Gasteiger partial charge in [0.1, 0.15) is 5.58 Å². The molecule has 2 heterocycles. The van der Waals surface area contributed by atoms with Crippen molar-refractivity contribution in [2.75, 3.05) is 26.7 Å². The van der Waals surface area contributed by atoms with Gasteiger partial charge in [-0.25, -0.2) is 0 Å². The molecule has 1 saturated heterocycles. The topological polar surface area (TPSA) is 28.4 Å². The maximum atomic E-state index is 5.99. The Labute approximate surface area is 112 Å².